The monoisotopic (exact) mass is 377 g/mol. The lowest BCUT2D eigenvalue weighted by Gasteiger charge is -2.32. The summed E-state index contributed by atoms with van der Waals surface area (Å²) in [5, 5.41) is 0. The van der Waals surface area contributed by atoms with Crippen LogP contribution in [-0.2, 0) is 5.41 Å². The lowest BCUT2D eigenvalue weighted by Crippen LogP contribution is -2.26. The van der Waals surface area contributed by atoms with Crippen molar-refractivity contribution in [1.82, 2.24) is 0 Å². The number of anilines is 2. The van der Waals surface area contributed by atoms with Crippen molar-refractivity contribution in [2.45, 2.75) is 60.8 Å². The Labute approximate surface area is 173 Å². The van der Waals surface area contributed by atoms with Gasteiger partial charge in [-0.15, -0.1) is 0 Å². The molecule has 0 fully saturated rings. The van der Waals surface area contributed by atoms with Crippen LogP contribution >= 0.6 is 0 Å². The highest BCUT2D eigenvalue weighted by Gasteiger charge is 2.21. The van der Waals surface area contributed by atoms with Crippen molar-refractivity contribution in [3.05, 3.63) is 84.5 Å². The molecule has 0 aliphatic heterocycles. The number of hydrogen-bond acceptors (Lipinski definition) is 1. The molecule has 0 atom stereocenters. The van der Waals surface area contributed by atoms with E-state index in [1.54, 1.807) is 0 Å². The van der Waals surface area contributed by atoms with Gasteiger partial charge in [0, 0.05) is 17.9 Å². The van der Waals surface area contributed by atoms with E-state index in [1.807, 2.05) is 19.9 Å². The Hall–Kier alpha value is -2.28. The zero-order chi connectivity index (χ0) is 21.4. The van der Waals surface area contributed by atoms with E-state index in [9.17, 15) is 0 Å². The Morgan fingerprint density at radius 1 is 0.821 bits per heavy atom. The van der Waals surface area contributed by atoms with E-state index >= 15 is 0 Å². The van der Waals surface area contributed by atoms with Crippen LogP contribution in [0.3, 0.4) is 0 Å². The van der Waals surface area contributed by atoms with E-state index in [2.05, 4.69) is 114 Å². The first kappa shape index (κ1) is 23.8. The van der Waals surface area contributed by atoms with Gasteiger partial charge in [-0.1, -0.05) is 104 Å². The van der Waals surface area contributed by atoms with Crippen molar-refractivity contribution in [3.8, 4) is 0 Å². The van der Waals surface area contributed by atoms with Crippen LogP contribution in [0.5, 0.6) is 0 Å². The lowest BCUT2D eigenvalue weighted by atomic mass is 9.85. The van der Waals surface area contributed by atoms with E-state index in [4.69, 9.17) is 0 Å². The molecule has 0 aromatic heterocycles. The Morgan fingerprint density at radius 3 is 1.75 bits per heavy atom. The Balaban J connectivity index is 0.00000190. The minimum absolute atomic E-state index is 0.0899. The third-order valence-electron chi connectivity index (χ3n) is 4.72. The maximum absolute atomic E-state index is 3.91. The molecule has 0 bridgehead atoms. The smallest absolute Gasteiger partial charge is 0.0449 e. The number of rotatable bonds is 5. The molecule has 2 aromatic carbocycles. The van der Waals surface area contributed by atoms with Gasteiger partial charge in [-0.3, -0.25) is 0 Å². The lowest BCUT2D eigenvalue weighted by molar-refractivity contribution is 0.494. The van der Waals surface area contributed by atoms with Crippen LogP contribution in [-0.4, -0.2) is 6.54 Å². The van der Waals surface area contributed by atoms with Crippen molar-refractivity contribution < 1.29 is 0 Å². The van der Waals surface area contributed by atoms with Gasteiger partial charge in [0.2, 0.25) is 0 Å². The summed E-state index contributed by atoms with van der Waals surface area (Å²) >= 11 is 0. The van der Waals surface area contributed by atoms with Crippen LogP contribution in [0.15, 0.2) is 78.9 Å². The third-order valence-corrected chi connectivity index (χ3v) is 4.72. The van der Waals surface area contributed by atoms with Crippen molar-refractivity contribution in [2.75, 3.05) is 11.4 Å². The van der Waals surface area contributed by atoms with Crippen LogP contribution in [0.4, 0.5) is 11.4 Å². The Bertz CT molecular complexity index is 738. The average Bonchev–Trinajstić information content (AvgIpc) is 2.66. The van der Waals surface area contributed by atoms with Gasteiger partial charge in [-0.2, -0.15) is 0 Å². The first-order chi connectivity index (χ1) is 13.1. The molecule has 1 nitrogen and oxygen atoms in total. The number of para-hydroxylation sites is 1. The molecule has 0 spiro atoms. The molecule has 0 N–H and O–H groups in total. The molecule has 0 aliphatic rings. The zero-order valence-corrected chi connectivity index (χ0v) is 19.2. The summed E-state index contributed by atoms with van der Waals surface area (Å²) in [5.74, 6) is 0. The largest absolute Gasteiger partial charge is 0.337 e. The molecular weight excluding hydrogens is 338 g/mol. The topological polar surface area (TPSA) is 3.24 Å². The molecule has 0 aliphatic carbocycles. The van der Waals surface area contributed by atoms with Gasteiger partial charge in [-0.05, 0) is 46.2 Å². The second-order valence-corrected chi connectivity index (χ2v) is 8.90. The second-order valence-electron chi connectivity index (χ2n) is 8.90. The molecule has 1 heteroatoms. The molecule has 0 saturated heterocycles. The number of allylic oxidation sites excluding steroid dienone is 2. The van der Waals surface area contributed by atoms with Crippen LogP contribution in [0, 0.1) is 5.41 Å². The van der Waals surface area contributed by atoms with Crippen molar-refractivity contribution in [2.24, 2.45) is 5.41 Å². The standard InChI is InChI=1S/C25H33N.C2H6/c1-8-12-21(25(5,6)7)19-26(22-13-10-9-11-14-22)23-17-15-20(16-18-23)24(2,3)4;1-2/h8-18H,1,19H2,2-7H3;1-2H3/b21-12+;. The van der Waals surface area contributed by atoms with Gasteiger partial charge in [0.1, 0.15) is 0 Å². The number of hydrogen-bond donors (Lipinski definition) is 0. The quantitative estimate of drug-likeness (QED) is 0.473. The Morgan fingerprint density at radius 2 is 1.32 bits per heavy atom. The SMILES string of the molecule is C=C/C=C(\CN(c1ccccc1)c1ccc(C(C)(C)C)cc1)C(C)(C)C.CC. The minimum Gasteiger partial charge on any atom is -0.337 e. The van der Waals surface area contributed by atoms with Crippen LogP contribution < -0.4 is 4.90 Å². The number of nitrogens with zero attached hydrogens (tertiary/aromatic N) is 1. The summed E-state index contributed by atoms with van der Waals surface area (Å²) in [6, 6.07) is 19.6. The van der Waals surface area contributed by atoms with E-state index in [1.165, 1.54) is 22.5 Å². The number of benzene rings is 2. The zero-order valence-electron chi connectivity index (χ0n) is 19.2. The summed E-state index contributed by atoms with van der Waals surface area (Å²) in [5.41, 5.74) is 5.38. The highest BCUT2D eigenvalue weighted by molar-refractivity contribution is 5.64. The maximum Gasteiger partial charge on any atom is 0.0449 e. The second kappa shape index (κ2) is 10.3. The molecule has 0 unspecified atom stereocenters. The van der Waals surface area contributed by atoms with Gasteiger partial charge in [0.15, 0.2) is 0 Å². The summed E-state index contributed by atoms with van der Waals surface area (Å²) in [7, 11) is 0. The van der Waals surface area contributed by atoms with Crippen molar-refractivity contribution in [3.63, 3.8) is 0 Å². The van der Waals surface area contributed by atoms with Gasteiger partial charge in [0.25, 0.3) is 0 Å². The first-order valence-electron chi connectivity index (χ1n) is 10.4. The highest BCUT2D eigenvalue weighted by atomic mass is 15.1. The Kier molecular flexibility index (Phi) is 8.75. The molecule has 2 rings (SSSR count). The van der Waals surface area contributed by atoms with Gasteiger partial charge < -0.3 is 4.90 Å². The van der Waals surface area contributed by atoms with Crippen molar-refractivity contribution >= 4 is 11.4 Å². The summed E-state index contributed by atoms with van der Waals surface area (Å²) in [6.45, 7) is 22.3. The summed E-state index contributed by atoms with van der Waals surface area (Å²) in [4.78, 5) is 2.38. The van der Waals surface area contributed by atoms with E-state index in [0.29, 0.717) is 0 Å². The van der Waals surface area contributed by atoms with Gasteiger partial charge >= 0.3 is 0 Å². The molecule has 0 radical (unpaired) electrons. The van der Waals surface area contributed by atoms with Crippen molar-refractivity contribution in [1.29, 1.82) is 0 Å². The predicted octanol–water partition coefficient (Wildman–Crippen LogP) is 8.31. The highest BCUT2D eigenvalue weighted by Crippen LogP contribution is 2.33. The third kappa shape index (κ3) is 6.71. The van der Waals surface area contributed by atoms with Crippen LogP contribution in [0.25, 0.3) is 0 Å². The molecule has 0 heterocycles. The van der Waals surface area contributed by atoms with E-state index in [-0.39, 0.29) is 10.8 Å². The van der Waals surface area contributed by atoms with E-state index in [0.717, 1.165) is 6.54 Å². The molecule has 2 aromatic rings. The van der Waals surface area contributed by atoms with Crippen LogP contribution in [0.1, 0.15) is 61.0 Å². The van der Waals surface area contributed by atoms with E-state index < -0.39 is 0 Å². The fourth-order valence-electron chi connectivity index (χ4n) is 2.93. The fourth-order valence-corrected chi connectivity index (χ4v) is 2.93. The first-order valence-corrected chi connectivity index (χ1v) is 10.4. The average molecular weight is 378 g/mol. The van der Waals surface area contributed by atoms with Crippen LogP contribution in [0.2, 0.25) is 0 Å². The molecule has 152 valence electrons. The van der Waals surface area contributed by atoms with Gasteiger partial charge in [0.05, 0.1) is 0 Å². The summed E-state index contributed by atoms with van der Waals surface area (Å²) in [6.07, 6.45) is 4.05. The maximum atomic E-state index is 3.91. The molecule has 0 saturated carbocycles. The fraction of sp³-hybridized carbons (Fsp3) is 0.407. The molecular formula is C27H39N. The normalized spacial score (nSPS) is 12.1. The molecule has 0 amide bonds. The summed E-state index contributed by atoms with van der Waals surface area (Å²) < 4.78 is 0. The minimum atomic E-state index is 0.0899. The predicted molar refractivity (Wildman–Crippen MR) is 128 cm³/mol. The van der Waals surface area contributed by atoms with Gasteiger partial charge in [-0.25, -0.2) is 0 Å². The molecule has 28 heavy (non-hydrogen) atoms.